The van der Waals surface area contributed by atoms with Gasteiger partial charge in [0.2, 0.25) is 10.0 Å². The second kappa shape index (κ2) is 6.42. The van der Waals surface area contributed by atoms with Gasteiger partial charge in [-0.15, -0.1) is 0 Å². The van der Waals surface area contributed by atoms with Gasteiger partial charge in [-0.3, -0.25) is 0 Å². The molecule has 0 saturated heterocycles. The van der Waals surface area contributed by atoms with E-state index >= 15 is 0 Å². The van der Waals surface area contributed by atoms with Crippen molar-refractivity contribution in [3.8, 4) is 0 Å². The maximum Gasteiger partial charge on any atom is 0.241 e. The fourth-order valence-electron chi connectivity index (χ4n) is 2.51. The molecule has 0 unspecified atom stereocenters. The van der Waals surface area contributed by atoms with E-state index in [1.807, 2.05) is 13.8 Å². The van der Waals surface area contributed by atoms with Gasteiger partial charge in [-0.2, -0.15) is 0 Å². The third-order valence-electron chi connectivity index (χ3n) is 3.90. The van der Waals surface area contributed by atoms with Gasteiger partial charge in [-0.25, -0.2) is 17.5 Å². The lowest BCUT2D eigenvalue weighted by atomic mass is 9.80. The molecule has 2 N–H and O–H groups in total. The largest absolute Gasteiger partial charge is 0.313 e. The van der Waals surface area contributed by atoms with E-state index in [9.17, 15) is 12.8 Å². The Balaban J connectivity index is 2.25. The van der Waals surface area contributed by atoms with Crippen molar-refractivity contribution in [1.82, 2.24) is 10.0 Å². The van der Waals surface area contributed by atoms with Gasteiger partial charge in [0.25, 0.3) is 0 Å². The molecule has 2 rings (SSSR count). The van der Waals surface area contributed by atoms with Crippen LogP contribution in [0.3, 0.4) is 0 Å². The molecule has 1 aromatic carbocycles. The van der Waals surface area contributed by atoms with Gasteiger partial charge in [0.05, 0.1) is 4.90 Å². The van der Waals surface area contributed by atoms with E-state index in [1.54, 1.807) is 0 Å². The van der Waals surface area contributed by atoms with Gasteiger partial charge in [-0.1, -0.05) is 13.0 Å². The molecule has 1 fully saturated rings. The van der Waals surface area contributed by atoms with Gasteiger partial charge in [-0.05, 0) is 56.8 Å². The van der Waals surface area contributed by atoms with Gasteiger partial charge in [0.15, 0.2) is 0 Å². The highest BCUT2D eigenvalue weighted by atomic mass is 32.2. The fraction of sp³-hybridized carbons (Fsp3) is 0.600. The van der Waals surface area contributed by atoms with Crippen molar-refractivity contribution in [1.29, 1.82) is 0 Å². The van der Waals surface area contributed by atoms with Crippen LogP contribution in [0.2, 0.25) is 0 Å². The van der Waals surface area contributed by atoms with Crippen LogP contribution in [0, 0.1) is 5.82 Å². The zero-order chi connectivity index (χ0) is 15.5. The molecule has 0 atom stereocenters. The highest BCUT2D eigenvalue weighted by molar-refractivity contribution is 7.89. The Morgan fingerprint density at radius 3 is 2.62 bits per heavy atom. The summed E-state index contributed by atoms with van der Waals surface area (Å²) in [5, 5.41) is 3.16. The van der Waals surface area contributed by atoms with E-state index in [4.69, 9.17) is 0 Å². The van der Waals surface area contributed by atoms with Crippen LogP contribution in [-0.2, 0) is 16.6 Å². The lowest BCUT2D eigenvalue weighted by molar-refractivity contribution is 0.248. The zero-order valence-corrected chi connectivity index (χ0v) is 13.4. The summed E-state index contributed by atoms with van der Waals surface area (Å²) in [6, 6.07) is 3.94. The minimum absolute atomic E-state index is 0.0410. The van der Waals surface area contributed by atoms with Crippen LogP contribution < -0.4 is 10.0 Å². The number of benzene rings is 1. The van der Waals surface area contributed by atoms with Crippen molar-refractivity contribution in [3.63, 3.8) is 0 Å². The molecule has 1 saturated carbocycles. The summed E-state index contributed by atoms with van der Waals surface area (Å²) in [5.41, 5.74) is 0.208. The van der Waals surface area contributed by atoms with Gasteiger partial charge < -0.3 is 5.32 Å². The quantitative estimate of drug-likeness (QED) is 0.761. The Hall–Kier alpha value is -0.980. The average molecular weight is 314 g/mol. The standard InChI is InChI=1S/C15H23FN2O2S/c1-3-9-17-11-12-5-6-13(16)10-14(12)21(19,20)18-15(2)7-4-8-15/h5-6,10,17-18H,3-4,7-9,11H2,1-2H3. The molecular formula is C15H23FN2O2S. The monoisotopic (exact) mass is 314 g/mol. The summed E-state index contributed by atoms with van der Waals surface area (Å²) < 4.78 is 41.3. The molecule has 4 nitrogen and oxygen atoms in total. The SMILES string of the molecule is CCCNCc1ccc(F)cc1S(=O)(=O)NC1(C)CCC1. The number of hydrogen-bond donors (Lipinski definition) is 2. The van der Waals surface area contributed by atoms with Crippen molar-refractivity contribution in [2.45, 2.75) is 56.5 Å². The molecule has 6 heteroatoms. The highest BCUT2D eigenvalue weighted by Gasteiger charge is 2.36. The molecule has 118 valence electrons. The molecule has 1 aromatic rings. The molecule has 21 heavy (non-hydrogen) atoms. The molecule has 0 heterocycles. The molecule has 0 spiro atoms. The van der Waals surface area contributed by atoms with E-state index < -0.39 is 15.8 Å². The zero-order valence-electron chi connectivity index (χ0n) is 12.6. The first-order chi connectivity index (χ1) is 9.86. The minimum Gasteiger partial charge on any atom is -0.313 e. The smallest absolute Gasteiger partial charge is 0.241 e. The molecule has 1 aliphatic carbocycles. The predicted molar refractivity (Wildman–Crippen MR) is 81.0 cm³/mol. The second-order valence-electron chi connectivity index (χ2n) is 5.95. The summed E-state index contributed by atoms with van der Waals surface area (Å²) in [6.45, 7) is 5.14. The fourth-order valence-corrected chi connectivity index (χ4v) is 4.23. The molecule has 0 aromatic heterocycles. The van der Waals surface area contributed by atoms with Crippen LogP contribution in [-0.4, -0.2) is 20.5 Å². The van der Waals surface area contributed by atoms with Gasteiger partial charge >= 0.3 is 0 Å². The highest BCUT2D eigenvalue weighted by Crippen LogP contribution is 2.33. The van der Waals surface area contributed by atoms with Crippen LogP contribution in [0.5, 0.6) is 0 Å². The number of hydrogen-bond acceptors (Lipinski definition) is 3. The van der Waals surface area contributed by atoms with Crippen LogP contribution in [0.15, 0.2) is 23.1 Å². The van der Waals surface area contributed by atoms with Crippen molar-refractivity contribution >= 4 is 10.0 Å². The summed E-state index contributed by atoms with van der Waals surface area (Å²) in [5.74, 6) is -0.534. The molecule has 0 radical (unpaired) electrons. The van der Waals surface area contributed by atoms with Crippen molar-refractivity contribution in [3.05, 3.63) is 29.6 Å². The summed E-state index contributed by atoms with van der Waals surface area (Å²) >= 11 is 0. The Kier molecular flexibility index (Phi) is 5.01. The second-order valence-corrected chi connectivity index (χ2v) is 7.60. The van der Waals surface area contributed by atoms with Crippen LogP contribution >= 0.6 is 0 Å². The summed E-state index contributed by atoms with van der Waals surface area (Å²) in [4.78, 5) is 0.0410. The molecule has 0 aliphatic heterocycles. The maximum absolute atomic E-state index is 13.5. The van der Waals surface area contributed by atoms with Crippen molar-refractivity contribution in [2.24, 2.45) is 0 Å². The molecule has 0 bridgehead atoms. The third-order valence-corrected chi connectivity index (χ3v) is 5.62. The number of sulfonamides is 1. The number of rotatable bonds is 7. The van der Waals surface area contributed by atoms with Crippen LogP contribution in [0.1, 0.15) is 45.1 Å². The normalized spacial score (nSPS) is 17.5. The number of nitrogens with one attached hydrogen (secondary N) is 2. The maximum atomic E-state index is 13.5. The van der Waals surface area contributed by atoms with E-state index in [-0.39, 0.29) is 10.4 Å². The first kappa shape index (κ1) is 16.4. The summed E-state index contributed by atoms with van der Waals surface area (Å²) in [6.07, 6.45) is 3.63. The first-order valence-corrected chi connectivity index (χ1v) is 8.88. The van der Waals surface area contributed by atoms with Gasteiger partial charge in [0, 0.05) is 12.1 Å². The van der Waals surface area contributed by atoms with E-state index in [1.165, 1.54) is 12.1 Å². The lowest BCUT2D eigenvalue weighted by Crippen LogP contribution is -2.50. The van der Waals surface area contributed by atoms with Crippen molar-refractivity contribution < 1.29 is 12.8 Å². The van der Waals surface area contributed by atoms with Crippen molar-refractivity contribution in [2.75, 3.05) is 6.54 Å². The minimum atomic E-state index is -3.70. The third kappa shape index (κ3) is 4.02. The predicted octanol–water partition coefficient (Wildman–Crippen LogP) is 2.55. The Morgan fingerprint density at radius 1 is 1.33 bits per heavy atom. The Morgan fingerprint density at radius 2 is 2.05 bits per heavy atom. The van der Waals surface area contributed by atoms with Gasteiger partial charge in [0.1, 0.15) is 5.82 Å². The molecule has 1 aliphatic rings. The van der Waals surface area contributed by atoms with E-state index in [0.29, 0.717) is 12.1 Å². The first-order valence-electron chi connectivity index (χ1n) is 7.39. The van der Waals surface area contributed by atoms with E-state index in [2.05, 4.69) is 10.0 Å². The lowest BCUT2D eigenvalue weighted by Gasteiger charge is -2.38. The molecular weight excluding hydrogens is 291 g/mol. The average Bonchev–Trinajstić information content (AvgIpc) is 2.38. The topological polar surface area (TPSA) is 58.2 Å². The van der Waals surface area contributed by atoms with Crippen LogP contribution in [0.25, 0.3) is 0 Å². The molecule has 0 amide bonds. The van der Waals surface area contributed by atoms with Crippen LogP contribution in [0.4, 0.5) is 4.39 Å². The van der Waals surface area contributed by atoms with E-state index in [0.717, 1.165) is 38.3 Å². The Bertz CT molecular complexity index is 598. The Labute approximate surface area is 126 Å². The summed E-state index contributed by atoms with van der Waals surface area (Å²) in [7, 11) is -3.70. The number of halogens is 1.